The van der Waals surface area contributed by atoms with Gasteiger partial charge < -0.3 is 5.73 Å². The Balaban J connectivity index is 2.22. The van der Waals surface area contributed by atoms with Gasteiger partial charge in [0.05, 0.1) is 0 Å². The van der Waals surface area contributed by atoms with Crippen molar-refractivity contribution in [2.45, 2.75) is 43.5 Å². The van der Waals surface area contributed by atoms with Crippen molar-refractivity contribution in [3.05, 3.63) is 24.0 Å². The summed E-state index contributed by atoms with van der Waals surface area (Å²) in [5.74, 6) is 0.659. The lowest BCUT2D eigenvalue weighted by molar-refractivity contribution is 0.495. The van der Waals surface area contributed by atoms with E-state index in [1.54, 1.807) is 6.07 Å². The van der Waals surface area contributed by atoms with Crippen LogP contribution in [0.5, 0.6) is 0 Å². The number of aromatic nitrogens is 1. The Morgan fingerprint density at radius 2 is 2.30 bits per heavy atom. The van der Waals surface area contributed by atoms with Crippen LogP contribution >= 0.6 is 12.2 Å². The lowest BCUT2D eigenvalue weighted by Crippen LogP contribution is -2.36. The van der Waals surface area contributed by atoms with Crippen molar-refractivity contribution >= 4 is 27.2 Å². The summed E-state index contributed by atoms with van der Waals surface area (Å²) in [5, 5.41) is 0. The molecule has 5 nitrogen and oxygen atoms in total. The number of rotatable bonds is 7. The molecule has 0 bridgehead atoms. The van der Waals surface area contributed by atoms with Gasteiger partial charge in [-0.15, -0.1) is 0 Å². The molecule has 2 rings (SSSR count). The van der Waals surface area contributed by atoms with Gasteiger partial charge in [-0.2, -0.15) is 0 Å². The van der Waals surface area contributed by atoms with Crippen molar-refractivity contribution in [1.29, 1.82) is 0 Å². The second-order valence-electron chi connectivity index (χ2n) is 5.12. The van der Waals surface area contributed by atoms with Crippen molar-refractivity contribution in [2.24, 2.45) is 11.7 Å². The van der Waals surface area contributed by atoms with Crippen molar-refractivity contribution in [3.8, 4) is 0 Å². The average molecular weight is 313 g/mol. The first-order valence-electron chi connectivity index (χ1n) is 6.71. The lowest BCUT2D eigenvalue weighted by Gasteiger charge is -2.17. The molecule has 3 N–H and O–H groups in total. The number of nitrogens with zero attached hydrogens (tertiary/aromatic N) is 1. The second-order valence-corrected chi connectivity index (χ2v) is 7.24. The molecule has 0 saturated heterocycles. The van der Waals surface area contributed by atoms with Gasteiger partial charge in [-0.05, 0) is 30.9 Å². The Bertz CT molecular complexity index is 597. The largest absolute Gasteiger partial charge is 0.388 e. The molecule has 7 heteroatoms. The van der Waals surface area contributed by atoms with Crippen LogP contribution in [0, 0.1) is 5.92 Å². The third-order valence-corrected chi connectivity index (χ3v) is 5.17. The van der Waals surface area contributed by atoms with Crippen LogP contribution in [0.1, 0.15) is 38.3 Å². The van der Waals surface area contributed by atoms with Crippen LogP contribution in [-0.4, -0.2) is 24.4 Å². The zero-order valence-corrected chi connectivity index (χ0v) is 13.0. The Morgan fingerprint density at radius 1 is 1.60 bits per heavy atom. The highest BCUT2D eigenvalue weighted by Crippen LogP contribution is 2.34. The molecule has 0 radical (unpaired) electrons. The number of hydrogen-bond donors (Lipinski definition) is 2. The quantitative estimate of drug-likeness (QED) is 0.746. The monoisotopic (exact) mass is 313 g/mol. The van der Waals surface area contributed by atoms with E-state index in [-0.39, 0.29) is 21.6 Å². The average Bonchev–Trinajstić information content (AvgIpc) is 3.21. The highest BCUT2D eigenvalue weighted by atomic mass is 32.2. The highest BCUT2D eigenvalue weighted by molar-refractivity contribution is 7.89. The molecule has 0 aliphatic heterocycles. The topological polar surface area (TPSA) is 85.1 Å². The fraction of sp³-hybridized carbons (Fsp3) is 0.538. The molecule has 1 aromatic heterocycles. The molecule has 0 aromatic carbocycles. The minimum atomic E-state index is -3.65. The Hall–Kier alpha value is -1.05. The Kier molecular flexibility index (Phi) is 4.72. The van der Waals surface area contributed by atoms with E-state index in [4.69, 9.17) is 18.0 Å². The van der Waals surface area contributed by atoms with E-state index < -0.39 is 10.0 Å². The third kappa shape index (κ3) is 3.74. The van der Waals surface area contributed by atoms with Crippen molar-refractivity contribution in [1.82, 2.24) is 9.71 Å². The summed E-state index contributed by atoms with van der Waals surface area (Å²) >= 11 is 4.86. The predicted molar refractivity (Wildman–Crippen MR) is 81.9 cm³/mol. The highest BCUT2D eigenvalue weighted by Gasteiger charge is 2.29. The smallest absolute Gasteiger partial charge is 0.243 e. The van der Waals surface area contributed by atoms with E-state index in [9.17, 15) is 8.42 Å². The van der Waals surface area contributed by atoms with Gasteiger partial charge in [0.2, 0.25) is 10.0 Å². The Labute approximate surface area is 125 Å². The maximum atomic E-state index is 12.5. The summed E-state index contributed by atoms with van der Waals surface area (Å²) in [4.78, 5) is 4.01. The van der Waals surface area contributed by atoms with Crippen LogP contribution in [0.4, 0.5) is 0 Å². The van der Waals surface area contributed by atoms with Crippen molar-refractivity contribution in [3.63, 3.8) is 0 Å². The third-order valence-electron chi connectivity index (χ3n) is 3.42. The number of sulfonamides is 1. The first kappa shape index (κ1) is 15.3. The van der Waals surface area contributed by atoms with Gasteiger partial charge in [0.1, 0.15) is 15.6 Å². The first-order chi connectivity index (χ1) is 9.44. The first-order valence-corrected chi connectivity index (χ1v) is 8.60. The van der Waals surface area contributed by atoms with E-state index in [1.807, 2.05) is 6.92 Å². The van der Waals surface area contributed by atoms with Gasteiger partial charge in [0.15, 0.2) is 0 Å². The maximum absolute atomic E-state index is 12.5. The van der Waals surface area contributed by atoms with Crippen LogP contribution in [0.3, 0.4) is 0 Å². The standard InChI is InChI=1S/C13H19N3O2S2/c1-2-10(8-9-5-6-9)16-20(17,18)11-4-3-7-15-12(11)13(14)19/h3-4,7,9-10,16H,2,5-6,8H2,1H3,(H2,14,19). The van der Waals surface area contributed by atoms with E-state index in [2.05, 4.69) is 9.71 Å². The molecule has 1 aromatic rings. The van der Waals surface area contributed by atoms with Crippen LogP contribution in [0.25, 0.3) is 0 Å². The zero-order valence-electron chi connectivity index (χ0n) is 11.4. The summed E-state index contributed by atoms with van der Waals surface area (Å²) < 4.78 is 27.7. The summed E-state index contributed by atoms with van der Waals surface area (Å²) in [6.07, 6.45) is 5.53. The molecular weight excluding hydrogens is 294 g/mol. The molecule has 110 valence electrons. The molecule has 1 fully saturated rings. The van der Waals surface area contributed by atoms with Crippen LogP contribution in [-0.2, 0) is 10.0 Å². The predicted octanol–water partition coefficient (Wildman–Crippen LogP) is 1.57. The summed E-state index contributed by atoms with van der Waals surface area (Å²) in [7, 11) is -3.65. The molecule has 0 amide bonds. The van der Waals surface area contributed by atoms with Crippen molar-refractivity contribution in [2.75, 3.05) is 0 Å². The molecule has 0 spiro atoms. The van der Waals surface area contributed by atoms with Gasteiger partial charge in [-0.25, -0.2) is 13.1 Å². The fourth-order valence-electron chi connectivity index (χ4n) is 2.13. The molecule has 1 atom stereocenters. The van der Waals surface area contributed by atoms with Gasteiger partial charge in [0.25, 0.3) is 0 Å². The molecule has 1 heterocycles. The normalized spacial score (nSPS) is 16.9. The number of thiocarbonyl (C=S) groups is 1. The number of nitrogens with two attached hydrogens (primary N) is 1. The molecule has 1 aliphatic carbocycles. The summed E-state index contributed by atoms with van der Waals surface area (Å²) in [6, 6.07) is 3.00. The van der Waals surface area contributed by atoms with Crippen molar-refractivity contribution < 1.29 is 8.42 Å². The summed E-state index contributed by atoms with van der Waals surface area (Å²) in [5.41, 5.74) is 5.69. The second kappa shape index (κ2) is 6.15. The summed E-state index contributed by atoms with van der Waals surface area (Å²) in [6.45, 7) is 1.98. The van der Waals surface area contributed by atoms with E-state index >= 15 is 0 Å². The number of nitrogens with one attached hydrogen (secondary N) is 1. The maximum Gasteiger partial charge on any atom is 0.243 e. The molecule has 1 saturated carbocycles. The fourth-order valence-corrected chi connectivity index (χ4v) is 3.86. The molecule has 1 aliphatic rings. The SMILES string of the molecule is CCC(CC1CC1)NS(=O)(=O)c1cccnc1C(N)=S. The van der Waals surface area contributed by atoms with Gasteiger partial charge in [-0.1, -0.05) is 32.0 Å². The number of pyridine rings is 1. The van der Waals surface area contributed by atoms with Gasteiger partial charge >= 0.3 is 0 Å². The van der Waals surface area contributed by atoms with Crippen LogP contribution < -0.4 is 10.5 Å². The van der Waals surface area contributed by atoms with Gasteiger partial charge in [-0.3, -0.25) is 4.98 Å². The minimum absolute atomic E-state index is 0.0128. The van der Waals surface area contributed by atoms with Gasteiger partial charge in [0, 0.05) is 12.2 Å². The Morgan fingerprint density at radius 3 is 2.85 bits per heavy atom. The van der Waals surface area contributed by atoms with E-state index in [0.717, 1.165) is 12.8 Å². The molecule has 1 unspecified atom stereocenters. The van der Waals surface area contributed by atoms with E-state index in [0.29, 0.717) is 5.92 Å². The lowest BCUT2D eigenvalue weighted by atomic mass is 10.1. The zero-order chi connectivity index (χ0) is 14.8. The molecule has 20 heavy (non-hydrogen) atoms. The van der Waals surface area contributed by atoms with E-state index in [1.165, 1.54) is 25.1 Å². The van der Waals surface area contributed by atoms with Crippen LogP contribution in [0.2, 0.25) is 0 Å². The van der Waals surface area contributed by atoms with Crippen LogP contribution in [0.15, 0.2) is 23.2 Å². The minimum Gasteiger partial charge on any atom is -0.388 e. The number of hydrogen-bond acceptors (Lipinski definition) is 4. The molecular formula is C13H19N3O2S2.